The van der Waals surface area contributed by atoms with Crippen LogP contribution < -0.4 is 9.61 Å². The zero-order chi connectivity index (χ0) is 26.6. The van der Waals surface area contributed by atoms with E-state index in [1.54, 1.807) is 57.3 Å². The van der Waals surface area contributed by atoms with Crippen LogP contribution in [0.4, 0.5) is 0 Å². The second-order valence-corrected chi connectivity index (χ2v) is 11.0. The van der Waals surface area contributed by atoms with E-state index in [0.29, 0.717) is 10.2 Å². The highest BCUT2D eigenvalue weighted by Gasteiger charge is 2.45. The summed E-state index contributed by atoms with van der Waals surface area (Å²) in [6, 6.07) is 7.21. The molecule has 198 valence electrons. The number of hydrogen-bond acceptors (Lipinski definition) is 10. The van der Waals surface area contributed by atoms with Crippen molar-refractivity contribution in [1.29, 1.82) is 0 Å². The number of ether oxygens (including phenoxy) is 2. The minimum atomic E-state index is -4.18. The largest absolute Gasteiger partial charge is 0.462 e. The van der Waals surface area contributed by atoms with Gasteiger partial charge in [-0.3, -0.25) is 13.9 Å². The maximum Gasteiger partial charge on any atom is 0.459 e. The molecule has 2 heterocycles. The number of aliphatic hydroxyl groups is 2. The molecule has 0 radical (unpaired) electrons. The Morgan fingerprint density at radius 2 is 1.89 bits per heavy atom. The van der Waals surface area contributed by atoms with Crippen LogP contribution in [-0.4, -0.2) is 62.8 Å². The van der Waals surface area contributed by atoms with Crippen LogP contribution >= 0.6 is 32.2 Å². The van der Waals surface area contributed by atoms with Crippen molar-refractivity contribution in [1.82, 2.24) is 14.6 Å². The molecule has 14 heteroatoms. The summed E-state index contributed by atoms with van der Waals surface area (Å²) in [7, 11) is -4.18. The zero-order valence-corrected chi connectivity index (χ0v) is 22.7. The molecule has 1 saturated heterocycles. The zero-order valence-electron chi connectivity index (χ0n) is 20.2. The number of para-hydroxylation sites is 1. The number of nitrogens with one attached hydrogen (secondary N) is 2. The molecule has 1 fully saturated rings. The molecule has 11 nitrogen and oxygen atoms in total. The fourth-order valence-corrected chi connectivity index (χ4v) is 5.35. The van der Waals surface area contributed by atoms with Crippen molar-refractivity contribution in [3.63, 3.8) is 0 Å². The first kappa shape index (κ1) is 28.6. The quantitative estimate of drug-likeness (QED) is 0.193. The van der Waals surface area contributed by atoms with Crippen molar-refractivity contribution in [2.24, 2.45) is 0 Å². The van der Waals surface area contributed by atoms with Gasteiger partial charge in [-0.15, -0.1) is 0 Å². The molecule has 2 aromatic rings. The summed E-state index contributed by atoms with van der Waals surface area (Å²) < 4.78 is 37.8. The lowest BCUT2D eigenvalue weighted by atomic mass is 10.1. The maximum atomic E-state index is 13.6. The molecular weight excluding hydrogens is 529 g/mol. The van der Waals surface area contributed by atoms with Gasteiger partial charge in [-0.05, 0) is 52.0 Å². The normalized spacial score (nSPS) is 24.3. The highest BCUT2D eigenvalue weighted by atomic mass is 32.1. The Morgan fingerprint density at radius 1 is 1.22 bits per heavy atom. The highest BCUT2D eigenvalue weighted by Crippen LogP contribution is 2.46. The van der Waals surface area contributed by atoms with Gasteiger partial charge in [0.2, 0.25) is 0 Å². The third-order valence-corrected chi connectivity index (χ3v) is 7.57. The molecule has 3 rings (SSSR count). The van der Waals surface area contributed by atoms with Crippen molar-refractivity contribution in [3.8, 4) is 5.75 Å². The van der Waals surface area contributed by atoms with Gasteiger partial charge in [-0.1, -0.05) is 30.4 Å². The van der Waals surface area contributed by atoms with Crippen LogP contribution in [0.5, 0.6) is 5.75 Å². The Labute approximate surface area is 219 Å². The molecule has 0 bridgehead atoms. The molecule has 1 aliphatic heterocycles. The van der Waals surface area contributed by atoms with Gasteiger partial charge in [-0.2, -0.15) is 5.09 Å². The number of hydrogen-bond donors (Lipinski definition) is 4. The van der Waals surface area contributed by atoms with Gasteiger partial charge in [-0.25, -0.2) is 4.57 Å². The standard InChI is InChI=1S/C22H30N3O8PS2/c1-12(2)31-21(28)14(4)24-34(29,33-15-8-6-5-7-9-15)30-11-16-17(26)18(27)20(32-16)25-10-13(3)19(35)23-22(25)36/h5-10,12,14,16-18,20,26-27H,11H2,1-4H3,(H,24,29)(H,23,35,36)/t14-,16-,17?,18+,20-,34+/m0/s1. The number of nitrogens with zero attached hydrogens (tertiary/aromatic N) is 1. The van der Waals surface area contributed by atoms with E-state index in [4.69, 9.17) is 43.0 Å². The first-order chi connectivity index (χ1) is 16.9. The number of carbonyl (C=O) groups excluding carboxylic acids is 1. The number of aromatic amines is 1. The lowest BCUT2D eigenvalue weighted by Gasteiger charge is -2.25. The number of benzene rings is 1. The first-order valence-corrected chi connectivity index (χ1v) is 13.6. The Hall–Kier alpha value is -1.96. The smallest absolute Gasteiger partial charge is 0.459 e. The van der Waals surface area contributed by atoms with Crippen LogP contribution in [-0.2, 0) is 23.4 Å². The van der Waals surface area contributed by atoms with Crippen molar-refractivity contribution in [3.05, 3.63) is 51.5 Å². The highest BCUT2D eigenvalue weighted by molar-refractivity contribution is 7.72. The van der Waals surface area contributed by atoms with Crippen LogP contribution in [0.2, 0.25) is 0 Å². The van der Waals surface area contributed by atoms with Crippen molar-refractivity contribution < 1.29 is 38.1 Å². The van der Waals surface area contributed by atoms with E-state index < -0.39 is 50.9 Å². The number of carbonyl (C=O) groups is 1. The average molecular weight is 560 g/mol. The Kier molecular flexibility index (Phi) is 9.58. The molecule has 0 spiro atoms. The van der Waals surface area contributed by atoms with Gasteiger partial charge in [0.25, 0.3) is 0 Å². The van der Waals surface area contributed by atoms with Gasteiger partial charge >= 0.3 is 13.7 Å². The maximum absolute atomic E-state index is 13.6. The van der Waals surface area contributed by atoms with Crippen LogP contribution in [0, 0.1) is 16.3 Å². The first-order valence-electron chi connectivity index (χ1n) is 11.2. The molecule has 6 atom stereocenters. The molecule has 1 aromatic carbocycles. The van der Waals surface area contributed by atoms with Crippen LogP contribution in [0.15, 0.2) is 36.5 Å². The van der Waals surface area contributed by atoms with Gasteiger partial charge in [0.15, 0.2) is 11.0 Å². The minimum absolute atomic E-state index is 0.195. The molecule has 0 amide bonds. The summed E-state index contributed by atoms with van der Waals surface area (Å²) in [4.78, 5) is 15.1. The lowest BCUT2D eigenvalue weighted by Crippen LogP contribution is -2.38. The van der Waals surface area contributed by atoms with Gasteiger partial charge < -0.3 is 29.2 Å². The molecule has 4 N–H and O–H groups in total. The lowest BCUT2D eigenvalue weighted by molar-refractivity contribution is -0.149. The Bertz CT molecular complexity index is 1220. The second kappa shape index (κ2) is 12.1. The number of aryl methyl sites for hydroxylation is 1. The summed E-state index contributed by atoms with van der Waals surface area (Å²) in [5, 5.41) is 23.8. The third-order valence-electron chi connectivity index (χ3n) is 5.19. The van der Waals surface area contributed by atoms with Crippen molar-refractivity contribution in [2.45, 2.75) is 64.4 Å². The van der Waals surface area contributed by atoms with E-state index in [2.05, 4.69) is 10.1 Å². The minimum Gasteiger partial charge on any atom is -0.462 e. The monoisotopic (exact) mass is 559 g/mol. The van der Waals surface area contributed by atoms with Crippen LogP contribution in [0.3, 0.4) is 0 Å². The van der Waals surface area contributed by atoms with E-state index in [9.17, 15) is 19.6 Å². The van der Waals surface area contributed by atoms with Crippen LogP contribution in [0.1, 0.15) is 32.6 Å². The van der Waals surface area contributed by atoms with E-state index in [1.807, 2.05) is 0 Å². The third kappa shape index (κ3) is 7.08. The number of esters is 1. The second-order valence-electron chi connectivity index (χ2n) is 8.56. The van der Waals surface area contributed by atoms with Crippen LogP contribution in [0.25, 0.3) is 0 Å². The van der Waals surface area contributed by atoms with Gasteiger partial charge in [0.1, 0.15) is 34.7 Å². The molecule has 0 aliphatic carbocycles. The van der Waals surface area contributed by atoms with Crippen molar-refractivity contribution in [2.75, 3.05) is 6.61 Å². The number of rotatable bonds is 10. The number of aliphatic hydroxyl groups excluding tert-OH is 2. The molecule has 1 unspecified atom stereocenters. The van der Waals surface area contributed by atoms with E-state index in [-0.39, 0.29) is 16.6 Å². The van der Waals surface area contributed by atoms with E-state index in [0.717, 1.165) is 0 Å². The summed E-state index contributed by atoms with van der Waals surface area (Å²) in [6.07, 6.45) is -3.67. The van der Waals surface area contributed by atoms with Gasteiger partial charge in [0, 0.05) is 11.8 Å². The molecule has 1 aromatic heterocycles. The summed E-state index contributed by atoms with van der Waals surface area (Å²) >= 11 is 10.5. The number of aromatic nitrogens is 2. The SMILES string of the molecule is Cc1cn([C@H]2O[C@@H](CO[P@](=O)(N[C@@H](C)C(=O)OC(C)C)Oc3ccccc3)C(O)[C@H]2O)c(=S)[nH]c1=S. The predicted molar refractivity (Wildman–Crippen MR) is 136 cm³/mol. The van der Waals surface area contributed by atoms with Crippen molar-refractivity contribution >= 4 is 38.2 Å². The molecule has 36 heavy (non-hydrogen) atoms. The van der Waals surface area contributed by atoms with Gasteiger partial charge in [0.05, 0.1) is 12.7 Å². The fourth-order valence-electron chi connectivity index (χ4n) is 3.38. The van der Waals surface area contributed by atoms with E-state index >= 15 is 0 Å². The predicted octanol–water partition coefficient (Wildman–Crippen LogP) is 3.34. The fraction of sp³-hybridized carbons (Fsp3) is 0.500. The molecular formula is C22H30N3O8PS2. The summed E-state index contributed by atoms with van der Waals surface area (Å²) in [5.41, 5.74) is 0.691. The topological polar surface area (TPSA) is 144 Å². The average Bonchev–Trinajstić information content (AvgIpc) is 3.08. The molecule has 1 aliphatic rings. The summed E-state index contributed by atoms with van der Waals surface area (Å²) in [5.74, 6) is -0.422. The number of H-pyrrole nitrogens is 1. The Balaban J connectivity index is 1.77. The summed E-state index contributed by atoms with van der Waals surface area (Å²) in [6.45, 7) is 6.16. The Morgan fingerprint density at radius 3 is 2.53 bits per heavy atom. The van der Waals surface area contributed by atoms with E-state index in [1.165, 1.54) is 11.5 Å². The molecule has 0 saturated carbocycles.